The van der Waals surface area contributed by atoms with Gasteiger partial charge in [0.25, 0.3) is 0 Å². The van der Waals surface area contributed by atoms with Crippen LogP contribution in [0.15, 0.2) is 24.3 Å². The minimum Gasteiger partial charge on any atom is -0.497 e. The van der Waals surface area contributed by atoms with Crippen molar-refractivity contribution in [2.24, 2.45) is 5.92 Å². The van der Waals surface area contributed by atoms with E-state index < -0.39 is 0 Å². The number of hydrogen-bond acceptors (Lipinski definition) is 5. The van der Waals surface area contributed by atoms with Crippen molar-refractivity contribution in [3.05, 3.63) is 29.8 Å². The molecule has 1 aromatic rings. The summed E-state index contributed by atoms with van der Waals surface area (Å²) in [5.74, 6) is 1.48. The van der Waals surface area contributed by atoms with Crippen molar-refractivity contribution in [1.29, 1.82) is 0 Å². The molecule has 32 heavy (non-hydrogen) atoms. The van der Waals surface area contributed by atoms with Gasteiger partial charge in [-0.05, 0) is 56.2 Å². The van der Waals surface area contributed by atoms with Crippen LogP contribution in [-0.2, 0) is 20.7 Å². The Morgan fingerprint density at radius 1 is 1.09 bits per heavy atom. The molecule has 0 unspecified atom stereocenters. The van der Waals surface area contributed by atoms with Gasteiger partial charge in [-0.25, -0.2) is 0 Å². The molecule has 7 heteroatoms. The smallest absolute Gasteiger partial charge is 0.225 e. The molecule has 0 bridgehead atoms. The Labute approximate surface area is 191 Å². The molecule has 0 aromatic heterocycles. The monoisotopic (exact) mass is 443 g/mol. The molecule has 0 spiro atoms. The SMILES string of the molecule is COc1cccc(CC(=O)NCCN(C2CCOCC2)C2CCN(C(=O)C3CC3)CC2)c1. The highest BCUT2D eigenvalue weighted by atomic mass is 16.5. The van der Waals surface area contributed by atoms with Crippen LogP contribution < -0.4 is 10.1 Å². The van der Waals surface area contributed by atoms with Crippen LogP contribution in [0.2, 0.25) is 0 Å². The zero-order valence-corrected chi connectivity index (χ0v) is 19.3. The summed E-state index contributed by atoms with van der Waals surface area (Å²) in [6.45, 7) is 4.83. The summed E-state index contributed by atoms with van der Waals surface area (Å²) in [6.07, 6.45) is 6.63. The Morgan fingerprint density at radius 3 is 2.50 bits per heavy atom. The van der Waals surface area contributed by atoms with Gasteiger partial charge in [-0.15, -0.1) is 0 Å². The Hall–Kier alpha value is -2.12. The number of methoxy groups -OCH3 is 1. The lowest BCUT2D eigenvalue weighted by atomic mass is 9.97. The van der Waals surface area contributed by atoms with E-state index in [1.165, 1.54) is 0 Å². The third kappa shape index (κ3) is 6.23. The maximum atomic E-state index is 12.5. The second-order valence-corrected chi connectivity index (χ2v) is 9.29. The third-order valence-electron chi connectivity index (χ3n) is 7.02. The lowest BCUT2D eigenvalue weighted by Gasteiger charge is -2.43. The maximum absolute atomic E-state index is 12.5. The van der Waals surface area contributed by atoms with Crippen LogP contribution in [0.4, 0.5) is 0 Å². The van der Waals surface area contributed by atoms with Crippen molar-refractivity contribution < 1.29 is 19.1 Å². The number of nitrogens with one attached hydrogen (secondary N) is 1. The molecule has 1 N–H and O–H groups in total. The molecule has 1 aromatic carbocycles. The van der Waals surface area contributed by atoms with E-state index in [0.717, 1.165) is 82.7 Å². The summed E-state index contributed by atoms with van der Waals surface area (Å²) in [5, 5.41) is 3.11. The highest BCUT2D eigenvalue weighted by Gasteiger charge is 2.37. The predicted molar refractivity (Wildman–Crippen MR) is 123 cm³/mol. The van der Waals surface area contributed by atoms with Crippen LogP contribution in [0, 0.1) is 5.92 Å². The van der Waals surface area contributed by atoms with Gasteiger partial charge in [0.15, 0.2) is 0 Å². The largest absolute Gasteiger partial charge is 0.497 e. The highest BCUT2D eigenvalue weighted by Crippen LogP contribution is 2.32. The molecule has 3 fully saturated rings. The average Bonchev–Trinajstić information content (AvgIpc) is 3.68. The number of likely N-dealkylation sites (tertiary alicyclic amines) is 1. The van der Waals surface area contributed by atoms with Gasteiger partial charge >= 0.3 is 0 Å². The zero-order valence-electron chi connectivity index (χ0n) is 19.3. The van der Waals surface area contributed by atoms with E-state index in [4.69, 9.17) is 9.47 Å². The van der Waals surface area contributed by atoms with Gasteiger partial charge in [-0.1, -0.05) is 12.1 Å². The van der Waals surface area contributed by atoms with Gasteiger partial charge in [0, 0.05) is 57.4 Å². The predicted octanol–water partition coefficient (Wildman–Crippen LogP) is 2.24. The van der Waals surface area contributed by atoms with Gasteiger partial charge in [0.1, 0.15) is 5.75 Å². The third-order valence-corrected chi connectivity index (χ3v) is 7.02. The first-order valence-electron chi connectivity index (χ1n) is 12.2. The Kier molecular flexibility index (Phi) is 8.03. The first-order chi connectivity index (χ1) is 15.6. The van der Waals surface area contributed by atoms with Crippen LogP contribution in [0.25, 0.3) is 0 Å². The summed E-state index contributed by atoms with van der Waals surface area (Å²) < 4.78 is 10.8. The molecule has 2 saturated heterocycles. The number of amides is 2. The summed E-state index contributed by atoms with van der Waals surface area (Å²) in [4.78, 5) is 29.6. The molecule has 1 aliphatic carbocycles. The van der Waals surface area contributed by atoms with E-state index in [0.29, 0.717) is 36.9 Å². The van der Waals surface area contributed by atoms with Crippen LogP contribution in [-0.4, -0.2) is 80.2 Å². The number of ether oxygens (including phenoxy) is 2. The molecule has 1 saturated carbocycles. The fourth-order valence-corrected chi connectivity index (χ4v) is 5.04. The number of nitrogens with zero attached hydrogens (tertiary/aromatic N) is 2. The summed E-state index contributed by atoms with van der Waals surface area (Å²) >= 11 is 0. The van der Waals surface area contributed by atoms with E-state index in [1.807, 2.05) is 24.3 Å². The number of carbonyl (C=O) groups is 2. The lowest BCUT2D eigenvalue weighted by molar-refractivity contribution is -0.134. The number of rotatable bonds is 9. The molecule has 2 amide bonds. The summed E-state index contributed by atoms with van der Waals surface area (Å²) in [6, 6.07) is 8.62. The van der Waals surface area contributed by atoms with E-state index in [9.17, 15) is 9.59 Å². The Morgan fingerprint density at radius 2 is 1.81 bits per heavy atom. The average molecular weight is 444 g/mol. The number of carbonyl (C=O) groups excluding carboxylic acids is 2. The second kappa shape index (κ2) is 11.1. The molecule has 176 valence electrons. The summed E-state index contributed by atoms with van der Waals surface area (Å²) in [7, 11) is 1.64. The van der Waals surface area contributed by atoms with E-state index in [2.05, 4.69) is 15.1 Å². The van der Waals surface area contributed by atoms with Crippen molar-refractivity contribution in [2.75, 3.05) is 46.5 Å². The van der Waals surface area contributed by atoms with Crippen molar-refractivity contribution in [1.82, 2.24) is 15.1 Å². The summed E-state index contributed by atoms with van der Waals surface area (Å²) in [5.41, 5.74) is 0.954. The second-order valence-electron chi connectivity index (χ2n) is 9.29. The molecular formula is C25H37N3O4. The first kappa shape index (κ1) is 23.1. The van der Waals surface area contributed by atoms with Gasteiger partial charge in [0.2, 0.25) is 11.8 Å². The maximum Gasteiger partial charge on any atom is 0.225 e. The number of benzene rings is 1. The van der Waals surface area contributed by atoms with Gasteiger partial charge in [0.05, 0.1) is 13.5 Å². The Bertz CT molecular complexity index is 768. The fourth-order valence-electron chi connectivity index (χ4n) is 5.04. The van der Waals surface area contributed by atoms with Crippen LogP contribution in [0.1, 0.15) is 44.1 Å². The molecule has 0 atom stereocenters. The topological polar surface area (TPSA) is 71.1 Å². The van der Waals surface area contributed by atoms with Gasteiger partial charge in [-0.3, -0.25) is 14.5 Å². The molecular weight excluding hydrogens is 406 g/mol. The van der Waals surface area contributed by atoms with Crippen molar-refractivity contribution in [3.63, 3.8) is 0 Å². The van der Waals surface area contributed by atoms with Crippen molar-refractivity contribution >= 4 is 11.8 Å². The van der Waals surface area contributed by atoms with Crippen molar-refractivity contribution in [2.45, 2.75) is 57.0 Å². The van der Waals surface area contributed by atoms with E-state index >= 15 is 0 Å². The first-order valence-corrected chi connectivity index (χ1v) is 12.2. The van der Waals surface area contributed by atoms with Gasteiger partial charge < -0.3 is 19.7 Å². The number of hydrogen-bond donors (Lipinski definition) is 1. The minimum atomic E-state index is 0.0371. The normalized spacial score (nSPS) is 20.4. The lowest BCUT2D eigenvalue weighted by Crippen LogP contribution is -2.53. The minimum absolute atomic E-state index is 0.0371. The number of piperidine rings is 1. The van der Waals surface area contributed by atoms with Gasteiger partial charge in [-0.2, -0.15) is 0 Å². The van der Waals surface area contributed by atoms with Crippen molar-refractivity contribution in [3.8, 4) is 5.75 Å². The standard InChI is InChI=1S/C25H37N3O4/c1-31-23-4-2-3-19(17-23)18-24(29)26-11-14-28(22-9-15-32-16-10-22)21-7-12-27(13-8-21)25(30)20-5-6-20/h2-4,17,20-22H,5-16,18H2,1H3,(H,26,29). The molecule has 4 rings (SSSR count). The quantitative estimate of drug-likeness (QED) is 0.634. The zero-order chi connectivity index (χ0) is 22.3. The molecule has 7 nitrogen and oxygen atoms in total. The fraction of sp³-hybridized carbons (Fsp3) is 0.680. The van der Waals surface area contributed by atoms with Crippen LogP contribution >= 0.6 is 0 Å². The Balaban J connectivity index is 1.28. The molecule has 0 radical (unpaired) electrons. The molecule has 3 aliphatic rings. The van der Waals surface area contributed by atoms with Crippen LogP contribution in [0.5, 0.6) is 5.75 Å². The van der Waals surface area contributed by atoms with Crippen LogP contribution in [0.3, 0.4) is 0 Å². The highest BCUT2D eigenvalue weighted by molar-refractivity contribution is 5.81. The van der Waals surface area contributed by atoms with E-state index in [1.54, 1.807) is 7.11 Å². The molecule has 2 heterocycles. The molecule has 2 aliphatic heterocycles. The van der Waals surface area contributed by atoms with E-state index in [-0.39, 0.29) is 5.91 Å².